The molecule has 118 valence electrons. The summed E-state index contributed by atoms with van der Waals surface area (Å²) in [5.41, 5.74) is 0.552. The van der Waals surface area contributed by atoms with Gasteiger partial charge in [-0.05, 0) is 18.6 Å². The van der Waals surface area contributed by atoms with Crippen molar-refractivity contribution in [1.29, 1.82) is 0 Å². The Morgan fingerprint density at radius 3 is 2.76 bits per heavy atom. The molecular weight excluding hydrogens is 337 g/mol. The lowest BCUT2D eigenvalue weighted by molar-refractivity contribution is 0.148. The number of alkyl halides is 1. The third kappa shape index (κ3) is 3.63. The molecule has 1 saturated heterocycles. The Morgan fingerprint density at radius 1 is 1.33 bits per heavy atom. The molecule has 0 N–H and O–H groups in total. The van der Waals surface area contributed by atoms with E-state index < -0.39 is 10.0 Å². The van der Waals surface area contributed by atoms with Crippen LogP contribution in [0.2, 0.25) is 5.02 Å². The van der Waals surface area contributed by atoms with Crippen LogP contribution in [0.25, 0.3) is 0 Å². The smallest absolute Gasteiger partial charge is 0.246 e. The van der Waals surface area contributed by atoms with Gasteiger partial charge in [0.2, 0.25) is 10.0 Å². The maximum absolute atomic E-state index is 12.8. The summed E-state index contributed by atoms with van der Waals surface area (Å²) in [4.78, 5) is 0.0510. The van der Waals surface area contributed by atoms with Crippen LogP contribution in [-0.2, 0) is 20.6 Å². The SMILES string of the molecule is COc1c(CCl)cc(Cl)cc1S(=O)(=O)N1CCCOCC1. The van der Waals surface area contributed by atoms with Gasteiger partial charge in [0, 0.05) is 30.3 Å². The highest BCUT2D eigenvalue weighted by atomic mass is 35.5. The molecule has 1 aliphatic rings. The molecule has 1 fully saturated rings. The molecule has 8 heteroatoms. The van der Waals surface area contributed by atoms with E-state index in [0.717, 1.165) is 0 Å². The molecule has 1 aromatic rings. The zero-order valence-electron chi connectivity index (χ0n) is 11.6. The highest BCUT2D eigenvalue weighted by Gasteiger charge is 2.30. The Bertz CT molecular complexity index is 598. The van der Waals surface area contributed by atoms with Crippen molar-refractivity contribution in [2.24, 2.45) is 0 Å². The third-order valence-corrected chi connectivity index (χ3v) is 5.65. The second-order valence-electron chi connectivity index (χ2n) is 4.60. The molecule has 0 saturated carbocycles. The quantitative estimate of drug-likeness (QED) is 0.780. The van der Waals surface area contributed by atoms with Gasteiger partial charge in [-0.3, -0.25) is 0 Å². The van der Waals surface area contributed by atoms with Crippen molar-refractivity contribution < 1.29 is 17.9 Å². The monoisotopic (exact) mass is 353 g/mol. The Balaban J connectivity index is 2.50. The van der Waals surface area contributed by atoms with E-state index in [1.807, 2.05) is 0 Å². The molecular formula is C13H17Cl2NO4S. The average Bonchev–Trinajstić information content (AvgIpc) is 2.75. The first-order chi connectivity index (χ1) is 10.0. The number of hydrogen-bond acceptors (Lipinski definition) is 4. The summed E-state index contributed by atoms with van der Waals surface area (Å²) in [5, 5.41) is 0.316. The molecule has 0 radical (unpaired) electrons. The van der Waals surface area contributed by atoms with Gasteiger partial charge in [0.05, 0.1) is 19.6 Å². The Labute approximate surface area is 134 Å². The van der Waals surface area contributed by atoms with Crippen LogP contribution < -0.4 is 4.74 Å². The molecule has 1 aromatic carbocycles. The molecule has 0 atom stereocenters. The number of nitrogens with zero attached hydrogens (tertiary/aromatic N) is 1. The number of rotatable bonds is 4. The van der Waals surface area contributed by atoms with Gasteiger partial charge < -0.3 is 9.47 Å². The van der Waals surface area contributed by atoms with Crippen molar-refractivity contribution in [3.63, 3.8) is 0 Å². The fourth-order valence-electron chi connectivity index (χ4n) is 2.25. The van der Waals surface area contributed by atoms with Gasteiger partial charge in [-0.25, -0.2) is 8.42 Å². The van der Waals surface area contributed by atoms with Crippen molar-refractivity contribution in [2.45, 2.75) is 17.2 Å². The highest BCUT2D eigenvalue weighted by molar-refractivity contribution is 7.89. The number of benzene rings is 1. The van der Waals surface area contributed by atoms with Crippen LogP contribution in [-0.4, -0.2) is 46.1 Å². The van der Waals surface area contributed by atoms with Crippen molar-refractivity contribution >= 4 is 33.2 Å². The minimum atomic E-state index is -3.70. The van der Waals surface area contributed by atoms with E-state index in [-0.39, 0.29) is 16.5 Å². The van der Waals surface area contributed by atoms with Gasteiger partial charge in [-0.15, -0.1) is 11.6 Å². The summed E-state index contributed by atoms with van der Waals surface area (Å²) < 4.78 is 37.6. The Morgan fingerprint density at radius 2 is 2.10 bits per heavy atom. The summed E-state index contributed by atoms with van der Waals surface area (Å²) in [7, 11) is -2.28. The van der Waals surface area contributed by atoms with Crippen LogP contribution >= 0.6 is 23.2 Å². The number of methoxy groups -OCH3 is 1. The van der Waals surface area contributed by atoms with Crippen molar-refractivity contribution in [2.75, 3.05) is 33.4 Å². The normalized spacial score (nSPS) is 17.5. The van der Waals surface area contributed by atoms with Gasteiger partial charge in [0.25, 0.3) is 0 Å². The van der Waals surface area contributed by atoms with E-state index in [9.17, 15) is 8.42 Å². The van der Waals surface area contributed by atoms with Crippen LogP contribution in [0.5, 0.6) is 5.75 Å². The fraction of sp³-hybridized carbons (Fsp3) is 0.538. The standard InChI is InChI=1S/C13H17Cl2NO4S/c1-19-13-10(9-14)7-11(15)8-12(13)21(17,18)16-3-2-5-20-6-4-16/h7-8H,2-6,9H2,1H3. The van der Waals surface area contributed by atoms with Crippen LogP contribution in [0.15, 0.2) is 17.0 Å². The minimum Gasteiger partial charge on any atom is -0.495 e. The molecule has 2 rings (SSSR count). The minimum absolute atomic E-state index is 0.0510. The first-order valence-corrected chi connectivity index (χ1v) is 8.86. The molecule has 5 nitrogen and oxygen atoms in total. The summed E-state index contributed by atoms with van der Waals surface area (Å²) >= 11 is 11.9. The molecule has 0 aromatic heterocycles. The summed E-state index contributed by atoms with van der Waals surface area (Å²) in [6.45, 7) is 1.67. The highest BCUT2D eigenvalue weighted by Crippen LogP contribution is 2.34. The zero-order chi connectivity index (χ0) is 15.5. The fourth-order valence-corrected chi connectivity index (χ4v) is 4.44. The first-order valence-electron chi connectivity index (χ1n) is 6.51. The van der Waals surface area contributed by atoms with Gasteiger partial charge in [0.1, 0.15) is 10.6 Å². The van der Waals surface area contributed by atoms with E-state index in [1.54, 1.807) is 6.07 Å². The van der Waals surface area contributed by atoms with Gasteiger partial charge in [-0.2, -0.15) is 4.31 Å². The molecule has 0 aliphatic carbocycles. The van der Waals surface area contributed by atoms with Crippen molar-refractivity contribution in [3.05, 3.63) is 22.7 Å². The molecule has 21 heavy (non-hydrogen) atoms. The lowest BCUT2D eigenvalue weighted by atomic mass is 10.2. The Hall–Kier alpha value is -0.530. The van der Waals surface area contributed by atoms with E-state index in [2.05, 4.69) is 0 Å². The molecule has 1 heterocycles. The van der Waals surface area contributed by atoms with Crippen LogP contribution in [0.3, 0.4) is 0 Å². The Kier molecular flexibility index (Phi) is 5.73. The third-order valence-electron chi connectivity index (χ3n) is 3.24. The maximum atomic E-state index is 12.8. The van der Waals surface area contributed by atoms with E-state index >= 15 is 0 Å². The molecule has 0 unspecified atom stereocenters. The predicted octanol–water partition coefficient (Wildman–Crippen LogP) is 2.50. The first kappa shape index (κ1) is 16.8. The van der Waals surface area contributed by atoms with Gasteiger partial charge in [0.15, 0.2) is 0 Å². The summed E-state index contributed by atoms with van der Waals surface area (Å²) in [6.07, 6.45) is 0.657. The van der Waals surface area contributed by atoms with Crippen molar-refractivity contribution in [3.8, 4) is 5.75 Å². The molecule has 1 aliphatic heterocycles. The lowest BCUT2D eigenvalue weighted by Gasteiger charge is -2.22. The van der Waals surface area contributed by atoms with Crippen LogP contribution in [0, 0.1) is 0 Å². The number of sulfonamides is 1. The predicted molar refractivity (Wildman–Crippen MR) is 81.8 cm³/mol. The average molecular weight is 354 g/mol. The topological polar surface area (TPSA) is 55.8 Å². The number of halogens is 2. The van der Waals surface area contributed by atoms with E-state index in [4.69, 9.17) is 32.7 Å². The second kappa shape index (κ2) is 7.15. The molecule has 0 spiro atoms. The summed E-state index contributed by atoms with van der Waals surface area (Å²) in [5.74, 6) is 0.370. The zero-order valence-corrected chi connectivity index (χ0v) is 14.0. The van der Waals surface area contributed by atoms with Gasteiger partial charge in [-0.1, -0.05) is 11.6 Å². The second-order valence-corrected chi connectivity index (χ2v) is 7.21. The molecule has 0 amide bonds. The largest absolute Gasteiger partial charge is 0.495 e. The van der Waals surface area contributed by atoms with E-state index in [0.29, 0.717) is 43.3 Å². The lowest BCUT2D eigenvalue weighted by Crippen LogP contribution is -2.33. The van der Waals surface area contributed by atoms with Gasteiger partial charge >= 0.3 is 0 Å². The van der Waals surface area contributed by atoms with Crippen LogP contribution in [0.4, 0.5) is 0 Å². The van der Waals surface area contributed by atoms with Crippen LogP contribution in [0.1, 0.15) is 12.0 Å². The van der Waals surface area contributed by atoms with E-state index in [1.165, 1.54) is 17.5 Å². The molecule has 0 bridgehead atoms. The maximum Gasteiger partial charge on any atom is 0.246 e. The van der Waals surface area contributed by atoms with Crippen molar-refractivity contribution in [1.82, 2.24) is 4.31 Å². The number of hydrogen-bond donors (Lipinski definition) is 0. The summed E-state index contributed by atoms with van der Waals surface area (Å²) in [6, 6.07) is 3.01. The number of ether oxygens (including phenoxy) is 2.